The van der Waals surface area contributed by atoms with E-state index in [2.05, 4.69) is 65.9 Å². The van der Waals surface area contributed by atoms with E-state index < -0.39 is 0 Å². The standard InChI is InChI=1S/C13H20BrN/c1-4-15(5-2)13-8-6-12(7-9-13)11(3)10-14/h6-9,11H,4-5,10H2,1-3H3. The summed E-state index contributed by atoms with van der Waals surface area (Å²) in [7, 11) is 0. The molecule has 84 valence electrons. The molecule has 0 radical (unpaired) electrons. The van der Waals surface area contributed by atoms with E-state index in [9.17, 15) is 0 Å². The predicted molar refractivity (Wildman–Crippen MR) is 72.2 cm³/mol. The summed E-state index contributed by atoms with van der Waals surface area (Å²) in [6, 6.07) is 8.92. The van der Waals surface area contributed by atoms with Crippen LogP contribution in [0.15, 0.2) is 24.3 Å². The zero-order valence-electron chi connectivity index (χ0n) is 9.83. The summed E-state index contributed by atoms with van der Waals surface area (Å²) in [4.78, 5) is 2.36. The average molecular weight is 270 g/mol. The van der Waals surface area contributed by atoms with Gasteiger partial charge in [0.05, 0.1) is 0 Å². The van der Waals surface area contributed by atoms with Crippen LogP contribution < -0.4 is 4.90 Å². The van der Waals surface area contributed by atoms with Crippen LogP contribution in [0.3, 0.4) is 0 Å². The summed E-state index contributed by atoms with van der Waals surface area (Å²) < 4.78 is 0. The minimum Gasteiger partial charge on any atom is -0.372 e. The molecule has 1 aromatic rings. The first-order valence-electron chi connectivity index (χ1n) is 5.63. The van der Waals surface area contributed by atoms with E-state index in [1.807, 2.05) is 0 Å². The zero-order chi connectivity index (χ0) is 11.3. The smallest absolute Gasteiger partial charge is 0.0366 e. The lowest BCUT2D eigenvalue weighted by molar-refractivity contribution is 0.859. The van der Waals surface area contributed by atoms with Gasteiger partial charge in [-0.15, -0.1) is 0 Å². The molecule has 15 heavy (non-hydrogen) atoms. The Balaban J connectivity index is 2.79. The highest BCUT2D eigenvalue weighted by atomic mass is 79.9. The Labute approximate surface area is 102 Å². The molecule has 1 unspecified atom stereocenters. The lowest BCUT2D eigenvalue weighted by Gasteiger charge is -2.21. The number of hydrogen-bond acceptors (Lipinski definition) is 1. The fourth-order valence-electron chi connectivity index (χ4n) is 1.69. The third kappa shape index (κ3) is 3.23. The summed E-state index contributed by atoms with van der Waals surface area (Å²) in [6.45, 7) is 8.77. The van der Waals surface area contributed by atoms with E-state index >= 15 is 0 Å². The second-order valence-corrected chi connectivity index (χ2v) is 4.47. The van der Waals surface area contributed by atoms with Crippen molar-refractivity contribution in [2.75, 3.05) is 23.3 Å². The highest BCUT2D eigenvalue weighted by Gasteiger charge is 2.05. The topological polar surface area (TPSA) is 3.24 Å². The van der Waals surface area contributed by atoms with Gasteiger partial charge in [-0.2, -0.15) is 0 Å². The maximum atomic E-state index is 3.52. The number of rotatable bonds is 5. The minimum atomic E-state index is 0.593. The molecule has 0 fully saturated rings. The highest BCUT2D eigenvalue weighted by Crippen LogP contribution is 2.21. The van der Waals surface area contributed by atoms with Crippen molar-refractivity contribution in [2.24, 2.45) is 0 Å². The Hall–Kier alpha value is -0.500. The fourth-order valence-corrected chi connectivity index (χ4v) is 2.07. The van der Waals surface area contributed by atoms with Crippen LogP contribution in [0.1, 0.15) is 32.3 Å². The zero-order valence-corrected chi connectivity index (χ0v) is 11.4. The lowest BCUT2D eigenvalue weighted by atomic mass is 10.0. The fraction of sp³-hybridized carbons (Fsp3) is 0.538. The van der Waals surface area contributed by atoms with Crippen molar-refractivity contribution in [2.45, 2.75) is 26.7 Å². The quantitative estimate of drug-likeness (QED) is 0.730. The van der Waals surface area contributed by atoms with E-state index in [1.54, 1.807) is 0 Å². The van der Waals surface area contributed by atoms with Crippen molar-refractivity contribution in [1.29, 1.82) is 0 Å². The number of hydrogen-bond donors (Lipinski definition) is 0. The van der Waals surface area contributed by atoms with E-state index in [-0.39, 0.29) is 0 Å². The van der Waals surface area contributed by atoms with Gasteiger partial charge < -0.3 is 4.90 Å². The molecule has 0 spiro atoms. The lowest BCUT2D eigenvalue weighted by Crippen LogP contribution is -2.21. The van der Waals surface area contributed by atoms with Crippen LogP contribution >= 0.6 is 15.9 Å². The average Bonchev–Trinajstić information content (AvgIpc) is 2.30. The maximum Gasteiger partial charge on any atom is 0.0366 e. The molecule has 0 N–H and O–H groups in total. The normalized spacial score (nSPS) is 12.5. The van der Waals surface area contributed by atoms with Crippen LogP contribution in [0.5, 0.6) is 0 Å². The summed E-state index contributed by atoms with van der Waals surface area (Å²) in [5.41, 5.74) is 2.73. The number of nitrogens with zero attached hydrogens (tertiary/aromatic N) is 1. The van der Waals surface area contributed by atoms with Gasteiger partial charge in [0.1, 0.15) is 0 Å². The molecule has 0 aliphatic rings. The Morgan fingerprint density at radius 2 is 1.67 bits per heavy atom. The molecule has 0 amide bonds. The molecule has 0 heterocycles. The summed E-state index contributed by atoms with van der Waals surface area (Å²) in [5, 5.41) is 1.03. The summed E-state index contributed by atoms with van der Waals surface area (Å²) in [5.74, 6) is 0.593. The second kappa shape index (κ2) is 6.16. The molecule has 0 aliphatic heterocycles. The third-order valence-corrected chi connectivity index (χ3v) is 3.79. The molecule has 1 aromatic carbocycles. The van der Waals surface area contributed by atoms with Crippen LogP contribution in [0.25, 0.3) is 0 Å². The number of alkyl halides is 1. The Bertz CT molecular complexity index is 277. The molecule has 1 atom stereocenters. The van der Waals surface area contributed by atoms with Crippen LogP contribution in [0.2, 0.25) is 0 Å². The first-order chi connectivity index (χ1) is 7.22. The first-order valence-corrected chi connectivity index (χ1v) is 6.75. The molecule has 0 aromatic heterocycles. The highest BCUT2D eigenvalue weighted by molar-refractivity contribution is 9.09. The van der Waals surface area contributed by atoms with Gasteiger partial charge in [-0.05, 0) is 37.5 Å². The predicted octanol–water partition coefficient (Wildman–Crippen LogP) is 4.03. The molecule has 1 nitrogen and oxygen atoms in total. The van der Waals surface area contributed by atoms with Gasteiger partial charge in [-0.3, -0.25) is 0 Å². The molecule has 0 saturated heterocycles. The van der Waals surface area contributed by atoms with E-state index in [0.717, 1.165) is 18.4 Å². The Kier molecular flexibility index (Phi) is 5.16. The van der Waals surface area contributed by atoms with Crippen LogP contribution in [0, 0.1) is 0 Å². The van der Waals surface area contributed by atoms with Gasteiger partial charge in [0.15, 0.2) is 0 Å². The van der Waals surface area contributed by atoms with Crippen LogP contribution in [-0.2, 0) is 0 Å². The van der Waals surface area contributed by atoms with Crippen LogP contribution in [-0.4, -0.2) is 18.4 Å². The van der Waals surface area contributed by atoms with Gasteiger partial charge in [0, 0.05) is 24.1 Å². The number of anilines is 1. The van der Waals surface area contributed by atoms with E-state index in [0.29, 0.717) is 5.92 Å². The number of benzene rings is 1. The third-order valence-electron chi connectivity index (χ3n) is 2.82. The minimum absolute atomic E-state index is 0.593. The SMILES string of the molecule is CCN(CC)c1ccc(C(C)CBr)cc1. The van der Waals surface area contributed by atoms with Gasteiger partial charge in [-0.25, -0.2) is 0 Å². The van der Waals surface area contributed by atoms with Gasteiger partial charge in [-0.1, -0.05) is 35.0 Å². The molecular weight excluding hydrogens is 250 g/mol. The molecule has 0 aliphatic carbocycles. The van der Waals surface area contributed by atoms with Gasteiger partial charge >= 0.3 is 0 Å². The Morgan fingerprint density at radius 1 is 1.13 bits per heavy atom. The van der Waals surface area contributed by atoms with Crippen molar-refractivity contribution < 1.29 is 0 Å². The van der Waals surface area contributed by atoms with E-state index in [1.165, 1.54) is 11.3 Å². The van der Waals surface area contributed by atoms with Crippen molar-refractivity contribution in [1.82, 2.24) is 0 Å². The molecule has 2 heteroatoms. The maximum absolute atomic E-state index is 3.52. The van der Waals surface area contributed by atoms with Crippen LogP contribution in [0.4, 0.5) is 5.69 Å². The Morgan fingerprint density at radius 3 is 2.07 bits per heavy atom. The van der Waals surface area contributed by atoms with Gasteiger partial charge in [0.2, 0.25) is 0 Å². The number of halogens is 1. The summed E-state index contributed by atoms with van der Waals surface area (Å²) in [6.07, 6.45) is 0. The largest absolute Gasteiger partial charge is 0.372 e. The molecule has 0 saturated carbocycles. The second-order valence-electron chi connectivity index (χ2n) is 3.82. The van der Waals surface area contributed by atoms with Crippen molar-refractivity contribution in [3.8, 4) is 0 Å². The van der Waals surface area contributed by atoms with Crippen molar-refractivity contribution in [3.63, 3.8) is 0 Å². The van der Waals surface area contributed by atoms with E-state index in [4.69, 9.17) is 0 Å². The van der Waals surface area contributed by atoms with Gasteiger partial charge in [0.25, 0.3) is 0 Å². The molecule has 1 rings (SSSR count). The van der Waals surface area contributed by atoms with Crippen molar-refractivity contribution >= 4 is 21.6 Å². The first kappa shape index (κ1) is 12.6. The van der Waals surface area contributed by atoms with Crippen molar-refractivity contribution in [3.05, 3.63) is 29.8 Å². The molecular formula is C13H20BrN. The monoisotopic (exact) mass is 269 g/mol. The molecule has 0 bridgehead atoms. The summed E-state index contributed by atoms with van der Waals surface area (Å²) >= 11 is 3.52.